The Morgan fingerprint density at radius 1 is 1.47 bits per heavy atom. The van der Waals surface area contributed by atoms with Crippen LogP contribution in [0.15, 0.2) is 18.2 Å². The molecule has 4 nitrogen and oxygen atoms in total. The van der Waals surface area contributed by atoms with Gasteiger partial charge in [0.15, 0.2) is 0 Å². The summed E-state index contributed by atoms with van der Waals surface area (Å²) < 4.78 is 5.51. The first-order valence-corrected chi connectivity index (χ1v) is 6.06. The first-order chi connectivity index (χ1) is 8.26. The highest BCUT2D eigenvalue weighted by molar-refractivity contribution is 6.06. The molecule has 1 fully saturated rings. The van der Waals surface area contributed by atoms with Gasteiger partial charge in [-0.3, -0.25) is 4.79 Å². The molecule has 1 unspecified atom stereocenters. The van der Waals surface area contributed by atoms with E-state index >= 15 is 0 Å². The summed E-state index contributed by atoms with van der Waals surface area (Å²) in [7, 11) is 0. The number of anilines is 1. The molecule has 0 bridgehead atoms. The zero-order chi connectivity index (χ0) is 11.9. The number of carbonyl (C=O) groups is 1. The molecule has 0 saturated carbocycles. The summed E-state index contributed by atoms with van der Waals surface area (Å²) in [4.78, 5) is 12.1. The van der Waals surface area contributed by atoms with Crippen LogP contribution in [0.5, 0.6) is 5.75 Å². The third kappa shape index (κ3) is 1.44. The minimum absolute atomic E-state index is 0.117. The van der Waals surface area contributed by atoms with Gasteiger partial charge in [-0.1, -0.05) is 0 Å². The second-order valence-corrected chi connectivity index (χ2v) is 4.60. The Labute approximate surface area is 100 Å². The van der Waals surface area contributed by atoms with Crippen LogP contribution in [0.1, 0.15) is 18.9 Å². The van der Waals surface area contributed by atoms with E-state index in [4.69, 9.17) is 4.74 Å². The topological polar surface area (TPSA) is 50.4 Å². The number of fused-ring (bicyclic) bond motifs is 2. The number of amides is 1. The monoisotopic (exact) mass is 232 g/mol. The number of hydrogen-bond acceptors (Lipinski definition) is 3. The maximum absolute atomic E-state index is 12.1. The van der Waals surface area contributed by atoms with Crippen LogP contribution >= 0.6 is 0 Å². The van der Waals surface area contributed by atoms with Crippen LogP contribution < -0.4 is 15.4 Å². The van der Waals surface area contributed by atoms with Gasteiger partial charge in [0.2, 0.25) is 5.91 Å². The lowest BCUT2D eigenvalue weighted by molar-refractivity contribution is -0.120. The Bertz CT molecular complexity index is 464. The molecule has 0 aromatic heterocycles. The van der Waals surface area contributed by atoms with E-state index < -0.39 is 0 Å². The van der Waals surface area contributed by atoms with Gasteiger partial charge in [-0.15, -0.1) is 0 Å². The van der Waals surface area contributed by atoms with Crippen molar-refractivity contribution in [3.05, 3.63) is 23.8 Å². The highest BCUT2D eigenvalue weighted by Crippen LogP contribution is 2.43. The van der Waals surface area contributed by atoms with Crippen LogP contribution in [0, 0.1) is 0 Å². The molecule has 2 aliphatic rings. The van der Waals surface area contributed by atoms with E-state index in [-0.39, 0.29) is 11.3 Å². The Morgan fingerprint density at radius 2 is 2.35 bits per heavy atom. The first-order valence-electron chi connectivity index (χ1n) is 6.06. The highest BCUT2D eigenvalue weighted by Gasteiger charge is 2.48. The van der Waals surface area contributed by atoms with Gasteiger partial charge in [-0.2, -0.15) is 0 Å². The van der Waals surface area contributed by atoms with E-state index in [1.807, 2.05) is 25.1 Å². The second kappa shape index (κ2) is 3.74. The van der Waals surface area contributed by atoms with Crippen molar-refractivity contribution in [2.45, 2.75) is 18.8 Å². The predicted molar refractivity (Wildman–Crippen MR) is 65.4 cm³/mol. The molecular weight excluding hydrogens is 216 g/mol. The quantitative estimate of drug-likeness (QED) is 0.807. The van der Waals surface area contributed by atoms with E-state index in [1.165, 1.54) is 0 Å². The minimum Gasteiger partial charge on any atom is -0.494 e. The van der Waals surface area contributed by atoms with Crippen molar-refractivity contribution in [1.82, 2.24) is 5.32 Å². The first kappa shape index (κ1) is 10.6. The van der Waals surface area contributed by atoms with Crippen molar-refractivity contribution >= 4 is 11.6 Å². The van der Waals surface area contributed by atoms with E-state index in [1.54, 1.807) is 0 Å². The predicted octanol–water partition coefficient (Wildman–Crippen LogP) is 1.27. The lowest BCUT2D eigenvalue weighted by atomic mass is 9.81. The maximum atomic E-state index is 12.1. The molecule has 3 rings (SSSR count). The minimum atomic E-state index is -0.373. The smallest absolute Gasteiger partial charge is 0.236 e. The molecule has 1 amide bonds. The number of carbonyl (C=O) groups excluding carboxylic acids is 1. The van der Waals surface area contributed by atoms with Gasteiger partial charge in [0.05, 0.1) is 12.0 Å². The van der Waals surface area contributed by atoms with Gasteiger partial charge in [0.25, 0.3) is 0 Å². The molecule has 2 heterocycles. The van der Waals surface area contributed by atoms with Gasteiger partial charge in [0, 0.05) is 12.2 Å². The van der Waals surface area contributed by atoms with Crippen molar-refractivity contribution in [2.75, 3.05) is 25.0 Å². The molecule has 2 aliphatic heterocycles. The lowest BCUT2D eigenvalue weighted by Crippen LogP contribution is -2.36. The second-order valence-electron chi connectivity index (χ2n) is 4.60. The molecule has 1 aromatic carbocycles. The van der Waals surface area contributed by atoms with Crippen LogP contribution in [0.3, 0.4) is 0 Å². The number of rotatable bonds is 2. The Morgan fingerprint density at radius 3 is 3.06 bits per heavy atom. The van der Waals surface area contributed by atoms with Gasteiger partial charge in [-0.05, 0) is 43.7 Å². The van der Waals surface area contributed by atoms with Crippen LogP contribution in [-0.4, -0.2) is 25.6 Å². The molecule has 1 atom stereocenters. The van der Waals surface area contributed by atoms with Crippen LogP contribution in [-0.2, 0) is 10.2 Å². The summed E-state index contributed by atoms with van der Waals surface area (Å²) in [6.45, 7) is 4.22. The Hall–Kier alpha value is -1.55. The molecule has 1 spiro atoms. The molecule has 1 aromatic rings. The largest absolute Gasteiger partial charge is 0.494 e. The van der Waals surface area contributed by atoms with Crippen molar-refractivity contribution in [1.29, 1.82) is 0 Å². The Kier molecular flexibility index (Phi) is 2.33. The fourth-order valence-electron chi connectivity index (χ4n) is 2.76. The summed E-state index contributed by atoms with van der Waals surface area (Å²) >= 11 is 0. The molecule has 2 N–H and O–H groups in total. The van der Waals surface area contributed by atoms with E-state index in [0.29, 0.717) is 6.61 Å². The highest BCUT2D eigenvalue weighted by atomic mass is 16.5. The third-order valence-electron chi connectivity index (χ3n) is 3.66. The molecule has 4 heteroatoms. The molecule has 17 heavy (non-hydrogen) atoms. The van der Waals surface area contributed by atoms with E-state index in [2.05, 4.69) is 10.6 Å². The normalized spacial score (nSPS) is 26.1. The van der Waals surface area contributed by atoms with Crippen molar-refractivity contribution < 1.29 is 9.53 Å². The average Bonchev–Trinajstić information content (AvgIpc) is 2.90. The molecule has 0 aliphatic carbocycles. The summed E-state index contributed by atoms with van der Waals surface area (Å²) in [5.74, 6) is 0.958. The lowest BCUT2D eigenvalue weighted by Gasteiger charge is -2.20. The molecule has 1 saturated heterocycles. The molecular formula is C13H16N2O2. The third-order valence-corrected chi connectivity index (χ3v) is 3.66. The fraction of sp³-hybridized carbons (Fsp3) is 0.462. The summed E-state index contributed by atoms with van der Waals surface area (Å²) in [6, 6.07) is 5.85. The van der Waals surface area contributed by atoms with E-state index in [9.17, 15) is 4.79 Å². The number of benzene rings is 1. The summed E-state index contributed by atoms with van der Waals surface area (Å²) in [6.07, 6.45) is 0.863. The van der Waals surface area contributed by atoms with Gasteiger partial charge >= 0.3 is 0 Å². The zero-order valence-electron chi connectivity index (χ0n) is 9.88. The molecule has 0 radical (unpaired) electrons. The fourth-order valence-corrected chi connectivity index (χ4v) is 2.76. The standard InChI is InChI=1S/C13H16N2O2/c1-2-17-9-3-4-11-10(7-9)13(12(16)15-11)5-6-14-8-13/h3-4,7,14H,2,5-6,8H2,1H3,(H,15,16). The Balaban J connectivity index is 2.06. The van der Waals surface area contributed by atoms with Crippen molar-refractivity contribution in [3.8, 4) is 5.75 Å². The van der Waals surface area contributed by atoms with Crippen LogP contribution in [0.25, 0.3) is 0 Å². The van der Waals surface area contributed by atoms with Gasteiger partial charge < -0.3 is 15.4 Å². The van der Waals surface area contributed by atoms with Crippen molar-refractivity contribution in [2.24, 2.45) is 0 Å². The van der Waals surface area contributed by atoms with Crippen LogP contribution in [0.2, 0.25) is 0 Å². The van der Waals surface area contributed by atoms with Crippen LogP contribution in [0.4, 0.5) is 5.69 Å². The number of hydrogen-bond donors (Lipinski definition) is 2. The van der Waals surface area contributed by atoms with Crippen molar-refractivity contribution in [3.63, 3.8) is 0 Å². The number of ether oxygens (including phenoxy) is 1. The SMILES string of the molecule is CCOc1ccc2c(c1)C1(CCNC1)C(=O)N2. The average molecular weight is 232 g/mol. The van der Waals surface area contributed by atoms with Gasteiger partial charge in [-0.25, -0.2) is 0 Å². The van der Waals surface area contributed by atoms with Gasteiger partial charge in [0.1, 0.15) is 5.75 Å². The zero-order valence-corrected chi connectivity index (χ0v) is 9.88. The summed E-state index contributed by atoms with van der Waals surface area (Å²) in [5.41, 5.74) is 1.64. The maximum Gasteiger partial charge on any atom is 0.236 e. The summed E-state index contributed by atoms with van der Waals surface area (Å²) in [5, 5.41) is 6.24. The number of nitrogens with one attached hydrogen (secondary N) is 2. The molecule has 90 valence electrons. The van der Waals surface area contributed by atoms with E-state index in [0.717, 1.165) is 36.5 Å².